The highest BCUT2D eigenvalue weighted by Crippen LogP contribution is 2.36. The highest BCUT2D eigenvalue weighted by molar-refractivity contribution is 7.59. The lowest BCUT2D eigenvalue weighted by Crippen LogP contribution is -2.50. The van der Waals surface area contributed by atoms with E-state index in [-0.39, 0.29) is 31.5 Å². The molecule has 2 saturated carbocycles. The van der Waals surface area contributed by atoms with Crippen LogP contribution in [0.5, 0.6) is 11.6 Å². The third-order valence-corrected chi connectivity index (χ3v) is 9.15. The molecule has 1 aromatic carbocycles. The van der Waals surface area contributed by atoms with E-state index in [4.69, 9.17) is 15.5 Å². The summed E-state index contributed by atoms with van der Waals surface area (Å²) in [5.41, 5.74) is 8.45. The molecule has 43 heavy (non-hydrogen) atoms. The maximum Gasteiger partial charge on any atom is 0.223 e. The van der Waals surface area contributed by atoms with E-state index in [1.807, 2.05) is 36.4 Å². The number of fused-ring (bicyclic) bond motifs is 1. The molecule has 1 amide bonds. The van der Waals surface area contributed by atoms with E-state index >= 15 is 0 Å². The number of pyridine rings is 1. The van der Waals surface area contributed by atoms with Crippen LogP contribution in [0.1, 0.15) is 88.4 Å². The number of hydrogen-bond acceptors (Lipinski definition) is 8. The van der Waals surface area contributed by atoms with Gasteiger partial charge in [-0.15, -0.1) is 0 Å². The van der Waals surface area contributed by atoms with Crippen molar-refractivity contribution in [3.8, 4) is 11.6 Å². The van der Waals surface area contributed by atoms with Gasteiger partial charge in [0.1, 0.15) is 17.9 Å². The van der Waals surface area contributed by atoms with Crippen molar-refractivity contribution < 1.29 is 9.53 Å². The van der Waals surface area contributed by atoms with Gasteiger partial charge >= 0.3 is 0 Å². The first-order valence-corrected chi connectivity index (χ1v) is 15.6. The average Bonchev–Trinajstić information content (AvgIpc) is 3.55. The van der Waals surface area contributed by atoms with Crippen LogP contribution in [-0.2, 0) is 17.9 Å². The molecule has 0 spiro atoms. The van der Waals surface area contributed by atoms with Crippen LogP contribution in [0.3, 0.4) is 0 Å². The number of H-pyrrole nitrogens is 1. The monoisotopic (exact) mass is 604 g/mol. The molecule has 0 bridgehead atoms. The molecule has 0 saturated heterocycles. The Hall–Kier alpha value is -3.60. The van der Waals surface area contributed by atoms with Crippen LogP contribution < -0.4 is 10.5 Å². The van der Waals surface area contributed by atoms with Gasteiger partial charge in [0.15, 0.2) is 5.96 Å². The van der Waals surface area contributed by atoms with Gasteiger partial charge in [0.2, 0.25) is 11.8 Å². The molecule has 0 radical (unpaired) electrons. The minimum Gasteiger partial charge on any atom is -0.439 e. The number of nitrogens with two attached hydrogens (primary N) is 1. The Morgan fingerprint density at radius 1 is 1.05 bits per heavy atom. The van der Waals surface area contributed by atoms with Crippen molar-refractivity contribution in [2.24, 2.45) is 16.6 Å². The second kappa shape index (κ2) is 14.7. The van der Waals surface area contributed by atoms with E-state index < -0.39 is 0 Å². The van der Waals surface area contributed by atoms with Crippen LogP contribution in [0.4, 0.5) is 5.69 Å². The Morgan fingerprint density at radius 2 is 1.79 bits per heavy atom. The van der Waals surface area contributed by atoms with E-state index in [2.05, 4.69) is 30.0 Å². The third-order valence-electron chi connectivity index (χ3n) is 9.15. The number of carbonyl (C=O) groups is 1. The molecule has 1 atom stereocenters. The predicted molar refractivity (Wildman–Crippen MR) is 171 cm³/mol. The molecule has 6 rings (SSSR count). The minimum absolute atomic E-state index is 0. The van der Waals surface area contributed by atoms with E-state index in [1.165, 1.54) is 44.9 Å². The topological polar surface area (TPSA) is 126 Å². The van der Waals surface area contributed by atoms with Crippen LogP contribution in [0, 0.1) is 5.92 Å². The zero-order chi connectivity index (χ0) is 28.7. The van der Waals surface area contributed by atoms with E-state index in [0.717, 1.165) is 54.9 Å². The van der Waals surface area contributed by atoms with Crippen molar-refractivity contribution in [3.63, 3.8) is 0 Å². The molecule has 3 N–H and O–H groups in total. The van der Waals surface area contributed by atoms with Gasteiger partial charge in [-0.25, -0.2) is 15.0 Å². The smallest absolute Gasteiger partial charge is 0.223 e. The molecule has 2 aromatic heterocycles. The van der Waals surface area contributed by atoms with Crippen LogP contribution >= 0.6 is 13.5 Å². The number of ether oxygens (including phenoxy) is 1. The molecule has 3 heterocycles. The zero-order valence-corrected chi connectivity index (χ0v) is 25.8. The van der Waals surface area contributed by atoms with Crippen LogP contribution in [0.15, 0.2) is 53.9 Å². The van der Waals surface area contributed by atoms with Crippen molar-refractivity contribution in [2.75, 3.05) is 0 Å². The number of rotatable bonds is 10. The van der Waals surface area contributed by atoms with E-state index in [0.29, 0.717) is 37.3 Å². The Bertz CT molecular complexity index is 1340. The molecule has 1 aliphatic heterocycles. The molecular formula is C32H44N8O2S. The van der Waals surface area contributed by atoms with Crippen LogP contribution in [0.25, 0.3) is 0 Å². The lowest BCUT2D eigenvalue weighted by atomic mass is 9.81. The summed E-state index contributed by atoms with van der Waals surface area (Å²) in [5.74, 6) is 3.19. The number of benzene rings is 1. The number of guanidine groups is 1. The molecule has 3 aliphatic rings. The number of aromatic nitrogens is 4. The number of carbonyl (C=O) groups excluding carboxylic acids is 1. The van der Waals surface area contributed by atoms with Gasteiger partial charge < -0.3 is 20.3 Å². The fraction of sp³-hybridized carbons (Fsp3) is 0.531. The number of aliphatic imine (C=N–C) groups is 1. The lowest BCUT2D eigenvalue weighted by Gasteiger charge is -2.41. The zero-order valence-electron chi connectivity index (χ0n) is 24.8. The SMILES string of the molecule is NC1=Nc2cnc(Oc3ccccc3)cc2CN1[C@@H](CCC(=O)N(Cc1ncn[nH]1)C1CCCCC1)C1CCCCC1.S. The second-order valence-electron chi connectivity index (χ2n) is 11.9. The summed E-state index contributed by atoms with van der Waals surface area (Å²) in [7, 11) is 0. The number of amides is 1. The average molecular weight is 605 g/mol. The molecule has 3 aromatic rings. The first-order chi connectivity index (χ1) is 20.6. The van der Waals surface area contributed by atoms with Crippen molar-refractivity contribution >= 4 is 31.0 Å². The highest BCUT2D eigenvalue weighted by atomic mass is 32.1. The molecule has 230 valence electrons. The van der Waals surface area contributed by atoms with Gasteiger partial charge in [0.25, 0.3) is 0 Å². The standard InChI is InChI=1S/C32H42N8O2.H2S/c33-32-37-27-19-34-30(42-26-14-8-3-9-15-26)18-24(27)20-40(32)28(23-10-4-1-5-11-23)16-17-31(41)39(21-29-35-22-36-38-29)25-12-6-2-7-13-25;/h3,8-9,14-15,18-19,22-23,25,28H,1-2,4-7,10-13,16-17,20-21H2,(H2,33,37)(H,35,36,38);1H2/t28-;/m0./s1. The minimum atomic E-state index is 0. The number of nitrogens with one attached hydrogen (secondary N) is 1. The molecule has 11 heteroatoms. The number of aromatic amines is 1. The quantitative estimate of drug-likeness (QED) is 0.293. The van der Waals surface area contributed by atoms with Crippen molar-refractivity contribution in [1.82, 2.24) is 30.0 Å². The lowest BCUT2D eigenvalue weighted by molar-refractivity contribution is -0.135. The summed E-state index contributed by atoms with van der Waals surface area (Å²) in [6, 6.07) is 12.0. The molecule has 10 nitrogen and oxygen atoms in total. The summed E-state index contributed by atoms with van der Waals surface area (Å²) >= 11 is 0. The second-order valence-corrected chi connectivity index (χ2v) is 11.9. The predicted octanol–water partition coefficient (Wildman–Crippen LogP) is 5.96. The van der Waals surface area contributed by atoms with Crippen molar-refractivity contribution in [1.29, 1.82) is 0 Å². The molecule has 2 fully saturated rings. The van der Waals surface area contributed by atoms with Gasteiger partial charge in [-0.05, 0) is 50.2 Å². The third kappa shape index (κ3) is 7.68. The van der Waals surface area contributed by atoms with Gasteiger partial charge in [-0.1, -0.05) is 56.7 Å². The Morgan fingerprint density at radius 3 is 2.51 bits per heavy atom. The number of para-hydroxylation sites is 1. The number of hydrogen-bond donors (Lipinski definition) is 2. The Kier molecular flexibility index (Phi) is 10.6. The highest BCUT2D eigenvalue weighted by Gasteiger charge is 2.34. The normalized spacial score (nSPS) is 18.2. The summed E-state index contributed by atoms with van der Waals surface area (Å²) < 4.78 is 6.02. The van der Waals surface area contributed by atoms with Gasteiger partial charge in [0, 0.05) is 36.7 Å². The van der Waals surface area contributed by atoms with Crippen molar-refractivity contribution in [3.05, 3.63) is 60.3 Å². The Balaban J connectivity index is 0.00000368. The largest absolute Gasteiger partial charge is 0.439 e. The summed E-state index contributed by atoms with van der Waals surface area (Å²) in [5, 5.41) is 6.97. The van der Waals surface area contributed by atoms with Gasteiger partial charge in [-0.2, -0.15) is 18.6 Å². The maximum atomic E-state index is 13.9. The van der Waals surface area contributed by atoms with Crippen LogP contribution in [0.2, 0.25) is 0 Å². The summed E-state index contributed by atoms with van der Waals surface area (Å²) in [6.07, 6.45) is 16.2. The number of nitrogens with zero attached hydrogens (tertiary/aromatic N) is 6. The van der Waals surface area contributed by atoms with Gasteiger partial charge in [-0.3, -0.25) is 9.89 Å². The molecule has 2 aliphatic carbocycles. The van der Waals surface area contributed by atoms with Crippen LogP contribution in [-0.4, -0.2) is 53.9 Å². The van der Waals surface area contributed by atoms with E-state index in [1.54, 1.807) is 6.20 Å². The maximum absolute atomic E-state index is 13.9. The summed E-state index contributed by atoms with van der Waals surface area (Å²) in [6.45, 7) is 1.10. The first kappa shape index (κ1) is 30.8. The molecular weight excluding hydrogens is 560 g/mol. The fourth-order valence-electron chi connectivity index (χ4n) is 6.96. The first-order valence-electron chi connectivity index (χ1n) is 15.6. The summed E-state index contributed by atoms with van der Waals surface area (Å²) in [4.78, 5) is 31.7. The Labute approximate surface area is 261 Å². The fourth-order valence-corrected chi connectivity index (χ4v) is 6.96. The molecule has 0 unspecified atom stereocenters. The van der Waals surface area contributed by atoms with Gasteiger partial charge in [0.05, 0.1) is 18.4 Å². The van der Waals surface area contributed by atoms with E-state index in [9.17, 15) is 4.79 Å². The van der Waals surface area contributed by atoms with Crippen molar-refractivity contribution in [2.45, 2.75) is 102 Å².